The number of aliphatic imine (C=N–C) groups is 1. The Bertz CT molecular complexity index is 1630. The Labute approximate surface area is 238 Å². The number of nitrogens with zero attached hydrogens (tertiary/aromatic N) is 3. The second-order valence-corrected chi connectivity index (χ2v) is 10.5. The van der Waals surface area contributed by atoms with E-state index in [1.807, 2.05) is 0 Å². The third kappa shape index (κ3) is 6.13. The van der Waals surface area contributed by atoms with E-state index in [0.717, 1.165) is 0 Å². The van der Waals surface area contributed by atoms with Crippen molar-refractivity contribution in [3.05, 3.63) is 105 Å². The number of allylic oxidation sites excluding steroid dienone is 3. The van der Waals surface area contributed by atoms with Gasteiger partial charge in [-0.15, -0.1) is 0 Å². The predicted octanol–water partition coefficient (Wildman–Crippen LogP) is 3.55. The maximum Gasteiger partial charge on any atom is 0.273 e. The minimum Gasteiger partial charge on any atom is -0.397 e. The Morgan fingerprint density at radius 2 is 2.00 bits per heavy atom. The maximum absolute atomic E-state index is 15.3. The van der Waals surface area contributed by atoms with Crippen LogP contribution in [0.2, 0.25) is 0 Å². The van der Waals surface area contributed by atoms with E-state index in [1.165, 1.54) is 21.7 Å². The number of aromatic nitrogens is 1. The quantitative estimate of drug-likeness (QED) is 0.246. The molecule has 9 nitrogen and oxygen atoms in total. The van der Waals surface area contributed by atoms with Crippen LogP contribution in [0, 0.1) is 5.82 Å². The largest absolute Gasteiger partial charge is 0.397 e. The molecule has 3 aromatic rings. The van der Waals surface area contributed by atoms with E-state index in [9.17, 15) is 14.7 Å². The third-order valence-electron chi connectivity index (χ3n) is 6.98. The zero-order valence-corrected chi connectivity index (χ0v) is 23.6. The number of nitrogens with two attached hydrogens (primary N) is 2. The Kier molecular flexibility index (Phi) is 8.55. The minimum atomic E-state index is -0.748. The highest BCUT2D eigenvalue weighted by Crippen LogP contribution is 2.36. The van der Waals surface area contributed by atoms with Gasteiger partial charge in [0, 0.05) is 61.6 Å². The highest BCUT2D eigenvalue weighted by molar-refractivity contribution is 6.09. The summed E-state index contributed by atoms with van der Waals surface area (Å²) in [6, 6.07) is 10.1. The van der Waals surface area contributed by atoms with Gasteiger partial charge in [0.05, 0.1) is 17.9 Å². The molecule has 1 aliphatic rings. The summed E-state index contributed by atoms with van der Waals surface area (Å²) in [6.45, 7) is 3.51. The number of aryl methyl sites for hydroxylation is 1. The number of hydrogen-bond donors (Lipinski definition) is 4. The first-order valence-electron chi connectivity index (χ1n) is 13.1. The molecule has 1 amide bonds. The molecule has 0 unspecified atom stereocenters. The van der Waals surface area contributed by atoms with E-state index in [0.29, 0.717) is 57.9 Å². The molecule has 1 aliphatic heterocycles. The van der Waals surface area contributed by atoms with Gasteiger partial charge in [-0.3, -0.25) is 14.6 Å². The fourth-order valence-corrected chi connectivity index (χ4v) is 4.89. The number of aliphatic hydroxyl groups is 1. The zero-order valence-electron chi connectivity index (χ0n) is 23.6. The lowest BCUT2D eigenvalue weighted by molar-refractivity contribution is 0.0976. The van der Waals surface area contributed by atoms with Crippen LogP contribution in [0.4, 0.5) is 15.8 Å². The van der Waals surface area contributed by atoms with Crippen LogP contribution in [0.3, 0.4) is 0 Å². The number of aliphatic hydroxyl groups excluding tert-OH is 1. The molecule has 0 saturated carbocycles. The van der Waals surface area contributed by atoms with Crippen molar-refractivity contribution in [2.75, 3.05) is 23.8 Å². The monoisotopic (exact) mass is 558 g/mol. The average Bonchev–Trinajstić information content (AvgIpc) is 2.92. The summed E-state index contributed by atoms with van der Waals surface area (Å²) >= 11 is 0. The fraction of sp³-hybridized carbons (Fsp3) is 0.258. The van der Waals surface area contributed by atoms with E-state index in [-0.39, 0.29) is 17.7 Å². The van der Waals surface area contributed by atoms with Crippen LogP contribution < -0.4 is 27.2 Å². The van der Waals surface area contributed by atoms with Crippen molar-refractivity contribution in [2.24, 2.45) is 23.5 Å². The van der Waals surface area contributed by atoms with Crippen LogP contribution in [0.5, 0.6) is 0 Å². The van der Waals surface area contributed by atoms with Gasteiger partial charge in [0.15, 0.2) is 0 Å². The molecular weight excluding hydrogens is 523 g/mol. The van der Waals surface area contributed by atoms with Gasteiger partial charge in [0.2, 0.25) is 0 Å². The van der Waals surface area contributed by atoms with Crippen molar-refractivity contribution in [1.82, 2.24) is 4.57 Å². The molecule has 0 radical (unpaired) electrons. The van der Waals surface area contributed by atoms with Crippen molar-refractivity contribution < 1.29 is 14.3 Å². The number of carbonyl (C=O) groups excluding carboxylic acids is 1. The topological polar surface area (TPSA) is 139 Å². The number of hydrogen-bond acceptors (Lipinski definition) is 7. The van der Waals surface area contributed by atoms with Gasteiger partial charge in [-0.2, -0.15) is 0 Å². The molecule has 0 atom stereocenters. The van der Waals surface area contributed by atoms with Crippen LogP contribution in [-0.4, -0.2) is 35.4 Å². The van der Waals surface area contributed by atoms with E-state index in [4.69, 9.17) is 11.5 Å². The zero-order chi connectivity index (χ0) is 29.9. The molecule has 1 aromatic heterocycles. The molecular formula is C31H35FN6O3. The van der Waals surface area contributed by atoms with Gasteiger partial charge in [-0.05, 0) is 67.3 Å². The van der Waals surface area contributed by atoms with Gasteiger partial charge in [0.1, 0.15) is 11.5 Å². The lowest BCUT2D eigenvalue weighted by Crippen LogP contribution is -2.39. The maximum atomic E-state index is 15.3. The molecule has 0 aliphatic carbocycles. The summed E-state index contributed by atoms with van der Waals surface area (Å²) in [5.41, 5.74) is 15.2. The van der Waals surface area contributed by atoms with Crippen LogP contribution in [-0.2, 0) is 25.6 Å². The second kappa shape index (κ2) is 11.9. The molecule has 0 fully saturated rings. The summed E-state index contributed by atoms with van der Waals surface area (Å²) in [4.78, 5) is 31.7. The molecule has 214 valence electrons. The van der Waals surface area contributed by atoms with Crippen LogP contribution >= 0.6 is 0 Å². The van der Waals surface area contributed by atoms with E-state index in [2.05, 4.69) is 10.3 Å². The Morgan fingerprint density at radius 3 is 2.68 bits per heavy atom. The van der Waals surface area contributed by atoms with Crippen molar-refractivity contribution in [3.63, 3.8) is 0 Å². The molecule has 0 saturated heterocycles. The van der Waals surface area contributed by atoms with Crippen molar-refractivity contribution in [1.29, 1.82) is 0 Å². The molecule has 0 bridgehead atoms. The molecule has 2 aromatic carbocycles. The van der Waals surface area contributed by atoms with Crippen molar-refractivity contribution in [3.8, 4) is 11.1 Å². The second-order valence-electron chi connectivity index (χ2n) is 10.5. The summed E-state index contributed by atoms with van der Waals surface area (Å²) in [5.74, 6) is -1.10. The first-order valence-corrected chi connectivity index (χ1v) is 13.1. The van der Waals surface area contributed by atoms with Crippen molar-refractivity contribution in [2.45, 2.75) is 32.4 Å². The average molecular weight is 559 g/mol. The predicted molar refractivity (Wildman–Crippen MR) is 161 cm³/mol. The van der Waals surface area contributed by atoms with E-state index in [1.54, 1.807) is 82.8 Å². The minimum absolute atomic E-state index is 0.0128. The molecule has 4 rings (SSSR count). The van der Waals surface area contributed by atoms with Gasteiger partial charge >= 0.3 is 0 Å². The molecule has 0 spiro atoms. The normalized spacial score (nSPS) is 14.3. The van der Waals surface area contributed by atoms with Crippen LogP contribution in [0.15, 0.2) is 76.4 Å². The van der Waals surface area contributed by atoms with Gasteiger partial charge in [-0.1, -0.05) is 18.2 Å². The van der Waals surface area contributed by atoms with Crippen LogP contribution in [0.1, 0.15) is 40.9 Å². The van der Waals surface area contributed by atoms with Crippen molar-refractivity contribution >= 4 is 23.5 Å². The fourth-order valence-electron chi connectivity index (χ4n) is 4.89. The number of anilines is 2. The summed E-state index contributed by atoms with van der Waals surface area (Å²) in [7, 11) is 3.24. The number of fused-ring (bicyclic) bond motifs is 1. The van der Waals surface area contributed by atoms with Crippen LogP contribution in [0.25, 0.3) is 11.1 Å². The van der Waals surface area contributed by atoms with Gasteiger partial charge < -0.3 is 31.4 Å². The highest BCUT2D eigenvalue weighted by atomic mass is 19.1. The first-order chi connectivity index (χ1) is 19.5. The lowest BCUT2D eigenvalue weighted by atomic mass is 9.88. The summed E-state index contributed by atoms with van der Waals surface area (Å²) in [6.07, 6.45) is 8.46. The Hall–Kier alpha value is -4.54. The Balaban J connectivity index is 1.72. The third-order valence-corrected chi connectivity index (χ3v) is 6.98. The first kappa shape index (κ1) is 29.4. The Morgan fingerprint density at radius 1 is 1.24 bits per heavy atom. The standard InChI is InChI=1S/C31H35FN6O3/c1-31(2,34)21-13-19-10-12-38(30(41)28(19)25(32)15-21)27-9-5-8-23(24(27)18-39)20-14-26(29(40)37(4)17-20)36-11-6-7-22(33)16-35-3/h5-9,11,13-17,36,39H,10,12,18,33-34H2,1-4H3/b11-6+,22-7+,35-16-. The molecule has 41 heavy (non-hydrogen) atoms. The van der Waals surface area contributed by atoms with Gasteiger partial charge in [-0.25, -0.2) is 4.39 Å². The highest BCUT2D eigenvalue weighted by Gasteiger charge is 2.32. The number of nitrogens with one attached hydrogen (secondary N) is 1. The lowest BCUT2D eigenvalue weighted by Gasteiger charge is -2.32. The number of pyridine rings is 1. The summed E-state index contributed by atoms with van der Waals surface area (Å²) in [5, 5.41) is 13.4. The number of amides is 1. The smallest absolute Gasteiger partial charge is 0.273 e. The summed E-state index contributed by atoms with van der Waals surface area (Å²) < 4.78 is 16.7. The number of rotatable bonds is 8. The van der Waals surface area contributed by atoms with E-state index >= 15 is 4.39 Å². The van der Waals surface area contributed by atoms with E-state index < -0.39 is 17.3 Å². The molecule has 10 heteroatoms. The number of benzene rings is 2. The molecule has 2 heterocycles. The number of carbonyl (C=O) groups is 1. The number of halogens is 1. The SMILES string of the molecule is C\N=C/C(N)=C\C=C\Nc1cc(-c2cccc(N3CCc4cc(C(C)(C)N)cc(F)c4C3=O)c2CO)cn(C)c1=O. The molecule has 6 N–H and O–H groups in total. The van der Waals surface area contributed by atoms with Gasteiger partial charge in [0.25, 0.3) is 11.5 Å².